The molecule has 4 nitrogen and oxygen atoms in total. The van der Waals surface area contributed by atoms with Crippen LogP contribution < -0.4 is 5.32 Å². The summed E-state index contributed by atoms with van der Waals surface area (Å²) >= 11 is 1.48. The zero-order chi connectivity index (χ0) is 17.9. The monoisotopic (exact) mass is 363 g/mol. The van der Waals surface area contributed by atoms with Crippen LogP contribution in [0.4, 0.5) is 4.79 Å². The van der Waals surface area contributed by atoms with E-state index in [0.717, 1.165) is 22.6 Å². The fraction of sp³-hybridized carbons (Fsp3) is 0.650. The molecule has 1 aromatic heterocycles. The molecule has 0 bridgehead atoms. The molecule has 138 valence electrons. The van der Waals surface area contributed by atoms with Crippen molar-refractivity contribution in [1.82, 2.24) is 5.32 Å². The van der Waals surface area contributed by atoms with Gasteiger partial charge in [-0.1, -0.05) is 63.7 Å². The molecule has 1 aliphatic rings. The van der Waals surface area contributed by atoms with Crippen LogP contribution in [0.5, 0.6) is 0 Å². The molecule has 0 saturated carbocycles. The van der Waals surface area contributed by atoms with Gasteiger partial charge in [0.15, 0.2) is 0 Å². The van der Waals surface area contributed by atoms with Gasteiger partial charge in [-0.25, -0.2) is 4.79 Å². The number of rotatable bonds is 10. The quantitative estimate of drug-likeness (QED) is 0.465. The van der Waals surface area contributed by atoms with E-state index in [4.69, 9.17) is 4.74 Å². The average Bonchev–Trinajstić information content (AvgIpc) is 3.25. The lowest BCUT2D eigenvalue weighted by Crippen LogP contribution is -2.32. The highest BCUT2D eigenvalue weighted by Gasteiger charge is 2.30. The Kier molecular flexibility index (Phi) is 8.85. The zero-order valence-electron chi connectivity index (χ0n) is 15.1. The Morgan fingerprint density at radius 1 is 1.24 bits per heavy atom. The Morgan fingerprint density at radius 3 is 2.64 bits per heavy atom. The summed E-state index contributed by atoms with van der Waals surface area (Å²) < 4.78 is 4.82. The van der Waals surface area contributed by atoms with Crippen LogP contribution in [-0.4, -0.2) is 23.8 Å². The third kappa shape index (κ3) is 7.09. The lowest BCUT2D eigenvalue weighted by molar-refractivity contribution is 0.128. The first-order valence-electron chi connectivity index (χ1n) is 9.40. The van der Waals surface area contributed by atoms with Crippen molar-refractivity contribution in [2.45, 2.75) is 76.9 Å². The number of carbonyl (C=O) groups is 1. The number of nitrogens with one attached hydrogen (secondary N) is 1. The van der Waals surface area contributed by atoms with Crippen molar-refractivity contribution >= 4 is 17.4 Å². The number of cyclic esters (lactones) is 1. The summed E-state index contributed by atoms with van der Waals surface area (Å²) in [5.41, 5.74) is 0. The highest BCUT2D eigenvalue weighted by atomic mass is 32.1. The third-order valence-electron chi connectivity index (χ3n) is 4.36. The first kappa shape index (κ1) is 19.8. The number of aliphatic hydroxyl groups is 1. The molecule has 0 spiro atoms. The molecule has 2 unspecified atom stereocenters. The molecule has 1 aliphatic heterocycles. The molecule has 1 amide bonds. The summed E-state index contributed by atoms with van der Waals surface area (Å²) in [6, 6.07) is 3.44. The number of hydrogen-bond acceptors (Lipinski definition) is 4. The number of unbranched alkanes of at least 4 members (excludes halogenated alkanes) is 8. The first-order chi connectivity index (χ1) is 12.2. The molecule has 2 N–H and O–H groups in total. The highest BCUT2D eigenvalue weighted by Crippen LogP contribution is 2.26. The number of ether oxygens (including phenoxy) is 1. The Balaban J connectivity index is 1.63. The predicted molar refractivity (Wildman–Crippen MR) is 102 cm³/mol. The molecule has 5 heteroatoms. The maximum Gasteiger partial charge on any atom is 0.407 e. The van der Waals surface area contributed by atoms with Crippen LogP contribution in [0.25, 0.3) is 0 Å². The second kappa shape index (κ2) is 11.2. The minimum absolute atomic E-state index is 0.206. The third-order valence-corrected chi connectivity index (χ3v) is 5.43. The van der Waals surface area contributed by atoms with E-state index in [1.54, 1.807) is 0 Å². The Morgan fingerprint density at radius 2 is 1.96 bits per heavy atom. The Labute approximate surface area is 155 Å². The van der Waals surface area contributed by atoms with E-state index in [-0.39, 0.29) is 12.6 Å². The van der Waals surface area contributed by atoms with Gasteiger partial charge in [-0.2, -0.15) is 0 Å². The van der Waals surface area contributed by atoms with Crippen molar-refractivity contribution in [1.29, 1.82) is 0 Å². The van der Waals surface area contributed by atoms with Gasteiger partial charge in [-0.05, 0) is 18.6 Å². The normalized spacial score (nSPS) is 17.5. The standard InChI is InChI=1S/C20H29NO3S/c1-2-3-4-5-6-7-8-9-10-11-12-16-13-14-18(25-16)19(22)17-15-24-20(23)21-17/h13-14,17,19,22H,2-10,15H2,1H3,(H,21,23). The van der Waals surface area contributed by atoms with Crippen molar-refractivity contribution < 1.29 is 14.6 Å². The fourth-order valence-corrected chi connectivity index (χ4v) is 3.78. The molecular formula is C20H29NO3S. The van der Waals surface area contributed by atoms with Crippen LogP contribution in [0.2, 0.25) is 0 Å². The number of thiophene rings is 1. The second-order valence-corrected chi connectivity index (χ2v) is 7.64. The van der Waals surface area contributed by atoms with Crippen molar-refractivity contribution in [3.63, 3.8) is 0 Å². The smallest absolute Gasteiger partial charge is 0.407 e. The van der Waals surface area contributed by atoms with E-state index in [1.807, 2.05) is 12.1 Å². The van der Waals surface area contributed by atoms with Gasteiger partial charge in [0.2, 0.25) is 0 Å². The second-order valence-electron chi connectivity index (χ2n) is 6.52. The summed E-state index contributed by atoms with van der Waals surface area (Å²) in [6.45, 7) is 2.45. The molecule has 0 radical (unpaired) electrons. The van der Waals surface area contributed by atoms with E-state index in [2.05, 4.69) is 24.1 Å². The Hall–Kier alpha value is -1.51. The molecule has 25 heavy (non-hydrogen) atoms. The van der Waals surface area contributed by atoms with E-state index >= 15 is 0 Å². The van der Waals surface area contributed by atoms with Gasteiger partial charge in [0, 0.05) is 11.3 Å². The average molecular weight is 364 g/mol. The largest absolute Gasteiger partial charge is 0.447 e. The van der Waals surface area contributed by atoms with Crippen LogP contribution in [0.15, 0.2) is 12.1 Å². The molecule has 1 aromatic rings. The summed E-state index contributed by atoms with van der Waals surface area (Å²) in [7, 11) is 0. The van der Waals surface area contributed by atoms with Crippen LogP contribution in [0, 0.1) is 11.8 Å². The minimum Gasteiger partial charge on any atom is -0.447 e. The van der Waals surface area contributed by atoms with Crippen LogP contribution >= 0.6 is 11.3 Å². The maximum atomic E-state index is 11.0. The van der Waals surface area contributed by atoms with Gasteiger partial charge >= 0.3 is 6.09 Å². The molecule has 2 heterocycles. The summed E-state index contributed by atoms with van der Waals surface area (Å²) in [6.07, 6.45) is 10.2. The topological polar surface area (TPSA) is 58.6 Å². The lowest BCUT2D eigenvalue weighted by Gasteiger charge is -2.13. The number of hydrogen-bond donors (Lipinski definition) is 2. The van der Waals surface area contributed by atoms with E-state index in [0.29, 0.717) is 0 Å². The van der Waals surface area contributed by atoms with E-state index in [9.17, 15) is 9.90 Å². The Bertz CT molecular complexity index is 587. The number of amides is 1. The van der Waals surface area contributed by atoms with Gasteiger partial charge in [0.1, 0.15) is 12.7 Å². The molecular weight excluding hydrogens is 334 g/mol. The van der Waals surface area contributed by atoms with Crippen LogP contribution in [0.3, 0.4) is 0 Å². The number of alkyl carbamates (subject to hydrolysis) is 1. The fourth-order valence-electron chi connectivity index (χ4n) is 2.84. The molecule has 0 aliphatic carbocycles. The van der Waals surface area contributed by atoms with Gasteiger partial charge < -0.3 is 15.2 Å². The van der Waals surface area contributed by atoms with Gasteiger partial charge in [-0.3, -0.25) is 0 Å². The van der Waals surface area contributed by atoms with Gasteiger partial charge in [0.25, 0.3) is 0 Å². The first-order valence-corrected chi connectivity index (χ1v) is 10.2. The zero-order valence-corrected chi connectivity index (χ0v) is 15.9. The minimum atomic E-state index is -0.736. The van der Waals surface area contributed by atoms with Crippen molar-refractivity contribution in [2.24, 2.45) is 0 Å². The molecule has 2 rings (SSSR count). The molecule has 0 aromatic carbocycles. The number of carbonyl (C=O) groups excluding carboxylic acids is 1. The summed E-state index contributed by atoms with van der Waals surface area (Å²) in [5, 5.41) is 12.9. The van der Waals surface area contributed by atoms with Crippen molar-refractivity contribution in [3.8, 4) is 11.8 Å². The van der Waals surface area contributed by atoms with Crippen molar-refractivity contribution in [2.75, 3.05) is 6.61 Å². The molecule has 2 atom stereocenters. The molecule has 1 saturated heterocycles. The molecule has 1 fully saturated rings. The van der Waals surface area contributed by atoms with E-state index in [1.165, 1.54) is 56.3 Å². The highest BCUT2D eigenvalue weighted by molar-refractivity contribution is 7.12. The van der Waals surface area contributed by atoms with E-state index < -0.39 is 12.2 Å². The van der Waals surface area contributed by atoms with Crippen molar-refractivity contribution in [3.05, 3.63) is 21.9 Å². The van der Waals surface area contributed by atoms with Crippen LogP contribution in [0.1, 0.15) is 80.6 Å². The lowest BCUT2D eigenvalue weighted by atomic mass is 10.1. The predicted octanol–water partition coefficient (Wildman–Crippen LogP) is 4.77. The SMILES string of the molecule is CCCCCCCCCCC#Cc1ccc(C(O)C2COC(=O)N2)s1. The number of aliphatic hydroxyl groups excluding tert-OH is 1. The van der Waals surface area contributed by atoms with Gasteiger partial charge in [0.05, 0.1) is 10.9 Å². The summed E-state index contributed by atoms with van der Waals surface area (Å²) in [4.78, 5) is 12.8. The van der Waals surface area contributed by atoms with Crippen LogP contribution in [-0.2, 0) is 4.74 Å². The maximum absolute atomic E-state index is 11.0. The van der Waals surface area contributed by atoms with Gasteiger partial charge in [-0.15, -0.1) is 11.3 Å². The summed E-state index contributed by atoms with van der Waals surface area (Å²) in [5.74, 6) is 6.40.